The van der Waals surface area contributed by atoms with Gasteiger partial charge in [-0.2, -0.15) is 0 Å². The lowest BCUT2D eigenvalue weighted by Gasteiger charge is -2.33. The number of carbonyl (C=O) groups is 1. The van der Waals surface area contributed by atoms with Crippen LogP contribution in [0.3, 0.4) is 0 Å². The van der Waals surface area contributed by atoms with Crippen LogP contribution < -0.4 is 15.0 Å². The molecular formula is C19H23N3O2. The molecule has 1 aliphatic heterocycles. The number of aromatic nitrogens is 1. The molecule has 2 aliphatic rings. The van der Waals surface area contributed by atoms with Crippen molar-refractivity contribution in [2.24, 2.45) is 5.92 Å². The second-order valence-electron chi connectivity index (χ2n) is 6.77. The van der Waals surface area contributed by atoms with Crippen LogP contribution >= 0.6 is 0 Å². The summed E-state index contributed by atoms with van der Waals surface area (Å²) >= 11 is 0. The van der Waals surface area contributed by atoms with E-state index in [1.807, 2.05) is 18.2 Å². The molecule has 126 valence electrons. The zero-order chi connectivity index (χ0) is 16.5. The number of benzene rings is 1. The Balaban J connectivity index is 1.41. The van der Waals surface area contributed by atoms with Gasteiger partial charge in [0.15, 0.2) is 0 Å². The van der Waals surface area contributed by atoms with Crippen LogP contribution in [0, 0.1) is 5.92 Å². The van der Waals surface area contributed by atoms with Gasteiger partial charge in [0, 0.05) is 30.4 Å². The molecule has 1 amide bonds. The molecule has 1 saturated carbocycles. The number of pyridine rings is 1. The highest BCUT2D eigenvalue weighted by Gasteiger charge is 2.31. The SMILES string of the molecule is COc1ccc2nc(N3CCC(NC(=O)C4CC4)CC3)ccc2c1. The molecule has 1 aliphatic carbocycles. The van der Waals surface area contributed by atoms with Crippen molar-refractivity contribution >= 4 is 22.6 Å². The molecule has 2 heterocycles. The Bertz CT molecular complexity index is 749. The van der Waals surface area contributed by atoms with Crippen molar-refractivity contribution in [3.8, 4) is 5.75 Å². The maximum atomic E-state index is 11.9. The van der Waals surface area contributed by atoms with E-state index < -0.39 is 0 Å². The van der Waals surface area contributed by atoms with Crippen LogP contribution in [0.25, 0.3) is 10.9 Å². The van der Waals surface area contributed by atoms with E-state index in [0.717, 1.165) is 61.2 Å². The van der Waals surface area contributed by atoms with Gasteiger partial charge in [-0.15, -0.1) is 0 Å². The molecule has 1 aromatic carbocycles. The molecule has 0 spiro atoms. The summed E-state index contributed by atoms with van der Waals surface area (Å²) < 4.78 is 5.26. The van der Waals surface area contributed by atoms with Crippen LogP contribution in [0.5, 0.6) is 5.75 Å². The number of amides is 1. The van der Waals surface area contributed by atoms with Crippen LogP contribution in [0.4, 0.5) is 5.82 Å². The van der Waals surface area contributed by atoms with Gasteiger partial charge in [-0.3, -0.25) is 4.79 Å². The second kappa shape index (κ2) is 6.30. The first-order valence-electron chi connectivity index (χ1n) is 8.73. The Morgan fingerprint density at radius 2 is 1.96 bits per heavy atom. The maximum absolute atomic E-state index is 11.9. The third-order valence-electron chi connectivity index (χ3n) is 5.00. The van der Waals surface area contributed by atoms with Crippen molar-refractivity contribution in [3.63, 3.8) is 0 Å². The van der Waals surface area contributed by atoms with E-state index in [4.69, 9.17) is 9.72 Å². The van der Waals surface area contributed by atoms with Gasteiger partial charge in [0.05, 0.1) is 12.6 Å². The van der Waals surface area contributed by atoms with Crippen molar-refractivity contribution in [1.29, 1.82) is 0 Å². The van der Waals surface area contributed by atoms with E-state index in [9.17, 15) is 4.79 Å². The number of nitrogens with zero attached hydrogens (tertiary/aromatic N) is 2. The Labute approximate surface area is 142 Å². The van der Waals surface area contributed by atoms with Crippen LogP contribution in [0.2, 0.25) is 0 Å². The summed E-state index contributed by atoms with van der Waals surface area (Å²) in [5, 5.41) is 4.28. The largest absolute Gasteiger partial charge is 0.497 e. The van der Waals surface area contributed by atoms with Crippen molar-refractivity contribution in [2.45, 2.75) is 31.7 Å². The van der Waals surface area contributed by atoms with Gasteiger partial charge >= 0.3 is 0 Å². The van der Waals surface area contributed by atoms with E-state index in [0.29, 0.717) is 12.0 Å². The van der Waals surface area contributed by atoms with Crippen molar-refractivity contribution < 1.29 is 9.53 Å². The number of nitrogens with one attached hydrogen (secondary N) is 1. The topological polar surface area (TPSA) is 54.5 Å². The molecule has 2 fully saturated rings. The van der Waals surface area contributed by atoms with Gasteiger partial charge in [-0.25, -0.2) is 4.98 Å². The summed E-state index contributed by atoms with van der Waals surface area (Å²) in [5.74, 6) is 2.41. The quantitative estimate of drug-likeness (QED) is 0.939. The smallest absolute Gasteiger partial charge is 0.223 e. The Hall–Kier alpha value is -2.30. The van der Waals surface area contributed by atoms with E-state index >= 15 is 0 Å². The van der Waals surface area contributed by atoms with Crippen LogP contribution in [-0.2, 0) is 4.79 Å². The number of hydrogen-bond acceptors (Lipinski definition) is 4. The molecule has 5 heteroatoms. The Kier molecular flexibility index (Phi) is 4.00. The van der Waals surface area contributed by atoms with Gasteiger partial charge < -0.3 is 15.0 Å². The minimum Gasteiger partial charge on any atom is -0.497 e. The fourth-order valence-electron chi connectivity index (χ4n) is 3.31. The molecule has 2 aromatic rings. The lowest BCUT2D eigenvalue weighted by molar-refractivity contribution is -0.123. The van der Waals surface area contributed by atoms with Gasteiger partial charge in [0.2, 0.25) is 5.91 Å². The van der Waals surface area contributed by atoms with Gasteiger partial charge in [-0.05, 0) is 56.0 Å². The first-order valence-corrected chi connectivity index (χ1v) is 8.73. The number of methoxy groups -OCH3 is 1. The predicted molar refractivity (Wildman–Crippen MR) is 94.4 cm³/mol. The summed E-state index contributed by atoms with van der Waals surface area (Å²) in [4.78, 5) is 19.0. The van der Waals surface area contributed by atoms with Crippen LogP contribution in [0.1, 0.15) is 25.7 Å². The number of hydrogen-bond donors (Lipinski definition) is 1. The van der Waals surface area contributed by atoms with Gasteiger partial charge in [-0.1, -0.05) is 0 Å². The normalized spacial score (nSPS) is 18.6. The number of carbonyl (C=O) groups excluding carboxylic acids is 1. The lowest BCUT2D eigenvalue weighted by atomic mass is 10.0. The average molecular weight is 325 g/mol. The molecule has 0 radical (unpaired) electrons. The van der Waals surface area contributed by atoms with Gasteiger partial charge in [0.25, 0.3) is 0 Å². The summed E-state index contributed by atoms with van der Waals surface area (Å²) in [5.41, 5.74) is 0.984. The van der Waals surface area contributed by atoms with Crippen LogP contribution in [-0.4, -0.2) is 37.1 Å². The van der Waals surface area contributed by atoms with Crippen molar-refractivity contribution in [2.75, 3.05) is 25.1 Å². The average Bonchev–Trinajstić information content (AvgIpc) is 3.46. The minimum atomic E-state index is 0.256. The molecule has 24 heavy (non-hydrogen) atoms. The molecule has 0 unspecified atom stereocenters. The van der Waals surface area contributed by atoms with E-state index in [-0.39, 0.29) is 5.91 Å². The molecule has 4 rings (SSSR count). The Morgan fingerprint density at radius 1 is 1.17 bits per heavy atom. The van der Waals surface area contributed by atoms with E-state index in [1.165, 1.54) is 0 Å². The maximum Gasteiger partial charge on any atom is 0.223 e. The van der Waals surface area contributed by atoms with E-state index in [1.54, 1.807) is 7.11 Å². The third-order valence-corrected chi connectivity index (χ3v) is 5.00. The summed E-state index contributed by atoms with van der Waals surface area (Å²) in [6.45, 7) is 1.87. The lowest BCUT2D eigenvalue weighted by Crippen LogP contribution is -2.45. The van der Waals surface area contributed by atoms with Crippen LogP contribution in [0.15, 0.2) is 30.3 Å². The Morgan fingerprint density at radius 3 is 2.67 bits per heavy atom. The molecule has 1 saturated heterocycles. The second-order valence-corrected chi connectivity index (χ2v) is 6.77. The monoisotopic (exact) mass is 325 g/mol. The predicted octanol–water partition coefficient (Wildman–Crippen LogP) is 2.74. The third kappa shape index (κ3) is 3.16. The number of piperidine rings is 1. The summed E-state index contributed by atoms with van der Waals surface area (Å²) in [6, 6.07) is 10.4. The van der Waals surface area contributed by atoms with Crippen molar-refractivity contribution in [3.05, 3.63) is 30.3 Å². The first kappa shape index (κ1) is 15.2. The number of anilines is 1. The molecule has 0 atom stereocenters. The van der Waals surface area contributed by atoms with Crippen molar-refractivity contribution in [1.82, 2.24) is 10.3 Å². The molecular weight excluding hydrogens is 302 g/mol. The highest BCUT2D eigenvalue weighted by molar-refractivity contribution is 5.82. The first-order chi connectivity index (χ1) is 11.7. The van der Waals surface area contributed by atoms with E-state index in [2.05, 4.69) is 22.3 Å². The standard InChI is InChI=1S/C19H23N3O2/c1-24-16-5-6-17-14(12-16)4-7-18(21-17)22-10-8-15(9-11-22)20-19(23)13-2-3-13/h4-7,12-13,15H,2-3,8-11H2,1H3,(H,20,23). The summed E-state index contributed by atoms with van der Waals surface area (Å²) in [7, 11) is 1.68. The molecule has 1 aromatic heterocycles. The zero-order valence-corrected chi connectivity index (χ0v) is 14.0. The fraction of sp³-hybridized carbons (Fsp3) is 0.474. The zero-order valence-electron chi connectivity index (χ0n) is 14.0. The summed E-state index contributed by atoms with van der Waals surface area (Å²) in [6.07, 6.45) is 4.11. The van der Waals surface area contributed by atoms with Gasteiger partial charge in [0.1, 0.15) is 11.6 Å². The molecule has 0 bridgehead atoms. The number of fused-ring (bicyclic) bond motifs is 1. The highest BCUT2D eigenvalue weighted by Crippen LogP contribution is 2.29. The minimum absolute atomic E-state index is 0.256. The molecule has 1 N–H and O–H groups in total. The number of rotatable bonds is 4. The fourth-order valence-corrected chi connectivity index (χ4v) is 3.31. The molecule has 5 nitrogen and oxygen atoms in total. The highest BCUT2D eigenvalue weighted by atomic mass is 16.5. The number of ether oxygens (including phenoxy) is 1.